The van der Waals surface area contributed by atoms with Crippen molar-refractivity contribution in [1.29, 1.82) is 0 Å². The number of morpholine rings is 1. The molecule has 0 aliphatic carbocycles. The van der Waals surface area contributed by atoms with E-state index < -0.39 is 17.8 Å². The summed E-state index contributed by atoms with van der Waals surface area (Å²) in [5.41, 5.74) is -0.888. The first-order chi connectivity index (χ1) is 13.9. The first-order valence-corrected chi connectivity index (χ1v) is 10.0. The third-order valence-corrected chi connectivity index (χ3v) is 5.58. The molecule has 3 aromatic heterocycles. The predicted octanol–water partition coefficient (Wildman–Crippen LogP) is 1.12. The number of hydrogen-bond donors (Lipinski definition) is 2. The summed E-state index contributed by atoms with van der Waals surface area (Å²) in [5, 5.41) is 8.35. The summed E-state index contributed by atoms with van der Waals surface area (Å²) in [6.07, 6.45) is -4.63. The van der Waals surface area contributed by atoms with Crippen LogP contribution in [0.3, 0.4) is 0 Å². The first kappa shape index (κ1) is 19.8. The van der Waals surface area contributed by atoms with Crippen LogP contribution in [0.2, 0.25) is 0 Å². The number of nitrogens with one attached hydrogen (secondary N) is 2. The van der Waals surface area contributed by atoms with Gasteiger partial charge in [-0.1, -0.05) is 6.07 Å². The van der Waals surface area contributed by atoms with Crippen LogP contribution in [0.5, 0.6) is 0 Å². The topological polar surface area (TPSA) is 73.0 Å². The van der Waals surface area contributed by atoms with E-state index in [-0.39, 0.29) is 17.0 Å². The Bertz CT molecular complexity index is 997. The van der Waals surface area contributed by atoms with E-state index in [1.807, 2.05) is 0 Å². The molecule has 0 atom stereocenters. The van der Waals surface area contributed by atoms with E-state index >= 15 is 0 Å². The highest BCUT2D eigenvalue weighted by Crippen LogP contribution is 2.33. The minimum atomic E-state index is -4.63. The number of carbonyl (C=O) groups excluding carboxylic acids is 1. The summed E-state index contributed by atoms with van der Waals surface area (Å²) in [7, 11) is 0. The molecule has 154 valence electrons. The van der Waals surface area contributed by atoms with Gasteiger partial charge in [-0.25, -0.2) is 9.50 Å². The Morgan fingerprint density at radius 3 is 2.79 bits per heavy atom. The molecule has 1 fully saturated rings. The molecule has 1 amide bonds. The maximum Gasteiger partial charge on any atom is 0.433 e. The molecule has 1 saturated heterocycles. The number of quaternary nitrogens is 1. The number of hydrogen-bond acceptors (Lipinski definition) is 5. The lowest BCUT2D eigenvalue weighted by atomic mass is 10.2. The predicted molar refractivity (Wildman–Crippen MR) is 100 cm³/mol. The number of aromatic nitrogens is 3. The third kappa shape index (κ3) is 4.41. The molecule has 0 spiro atoms. The van der Waals surface area contributed by atoms with E-state index in [1.165, 1.54) is 22.3 Å². The molecule has 7 nitrogen and oxygen atoms in total. The Morgan fingerprint density at radius 1 is 1.31 bits per heavy atom. The van der Waals surface area contributed by atoms with Gasteiger partial charge >= 0.3 is 6.18 Å². The fourth-order valence-corrected chi connectivity index (χ4v) is 3.88. The highest BCUT2D eigenvalue weighted by atomic mass is 32.1. The maximum absolute atomic E-state index is 13.6. The number of carbonyl (C=O) groups is 1. The monoisotopic (exact) mass is 426 g/mol. The zero-order valence-corrected chi connectivity index (χ0v) is 16.1. The van der Waals surface area contributed by atoms with Crippen molar-refractivity contribution in [3.8, 4) is 10.6 Å². The fourth-order valence-electron chi connectivity index (χ4n) is 3.19. The number of rotatable bonds is 5. The molecule has 4 heterocycles. The largest absolute Gasteiger partial charge is 0.433 e. The van der Waals surface area contributed by atoms with Gasteiger partial charge in [0, 0.05) is 6.07 Å². The quantitative estimate of drug-likeness (QED) is 0.642. The minimum absolute atomic E-state index is 0.0211. The zero-order chi connectivity index (χ0) is 20.4. The minimum Gasteiger partial charge on any atom is -0.370 e. The molecule has 4 rings (SSSR count). The highest BCUT2D eigenvalue weighted by Gasteiger charge is 2.35. The number of amides is 1. The van der Waals surface area contributed by atoms with Crippen LogP contribution in [0.25, 0.3) is 16.2 Å². The van der Waals surface area contributed by atoms with Gasteiger partial charge in [0.05, 0.1) is 36.9 Å². The van der Waals surface area contributed by atoms with Crippen molar-refractivity contribution in [3.05, 3.63) is 41.0 Å². The van der Waals surface area contributed by atoms with Crippen LogP contribution in [-0.2, 0) is 10.9 Å². The standard InChI is InChI=1S/C18H18F3N5O2S/c19-18(20,21)15-10-12(14-2-1-9-29-14)23-16-11-13(24-26(15)16)17(27)22-3-4-25-5-7-28-8-6-25/h1-2,9-11H,3-8H2,(H,22,27)/p+1. The number of nitrogens with zero attached hydrogens (tertiary/aromatic N) is 3. The Kier molecular flexibility index (Phi) is 5.52. The molecule has 1 aliphatic heterocycles. The van der Waals surface area contributed by atoms with Crippen molar-refractivity contribution >= 4 is 22.9 Å². The van der Waals surface area contributed by atoms with Crippen LogP contribution >= 0.6 is 11.3 Å². The number of ether oxygens (including phenoxy) is 1. The molecule has 0 aromatic carbocycles. The molecule has 3 aromatic rings. The van der Waals surface area contributed by atoms with E-state index in [1.54, 1.807) is 17.5 Å². The number of alkyl halides is 3. The molecule has 0 bridgehead atoms. The molecule has 2 N–H and O–H groups in total. The summed E-state index contributed by atoms with van der Waals surface area (Å²) in [6.45, 7) is 4.24. The molecule has 29 heavy (non-hydrogen) atoms. The van der Waals surface area contributed by atoms with Gasteiger partial charge in [-0.15, -0.1) is 11.3 Å². The maximum atomic E-state index is 13.6. The SMILES string of the molecule is O=C(NCC[NH+]1CCOCC1)c1cc2nc(-c3cccs3)cc(C(F)(F)F)n2n1. The van der Waals surface area contributed by atoms with E-state index in [4.69, 9.17) is 4.74 Å². The molecule has 1 aliphatic rings. The van der Waals surface area contributed by atoms with Gasteiger partial charge in [-0.05, 0) is 17.5 Å². The molecule has 11 heteroatoms. The number of halogens is 3. The average Bonchev–Trinajstić information content (AvgIpc) is 3.37. The van der Waals surface area contributed by atoms with E-state index in [0.29, 0.717) is 29.2 Å². The Hall–Kier alpha value is -2.50. The van der Waals surface area contributed by atoms with Crippen LogP contribution in [0.15, 0.2) is 29.6 Å². The van der Waals surface area contributed by atoms with E-state index in [0.717, 1.165) is 25.7 Å². The average molecular weight is 426 g/mol. The molecule has 0 saturated carbocycles. The van der Waals surface area contributed by atoms with Crippen molar-refractivity contribution in [3.63, 3.8) is 0 Å². The second-order valence-corrected chi connectivity index (χ2v) is 7.62. The smallest absolute Gasteiger partial charge is 0.370 e. The van der Waals surface area contributed by atoms with Crippen molar-refractivity contribution in [2.75, 3.05) is 39.4 Å². The van der Waals surface area contributed by atoms with Crippen molar-refractivity contribution in [2.24, 2.45) is 0 Å². The van der Waals surface area contributed by atoms with Gasteiger partial charge in [-0.3, -0.25) is 4.79 Å². The van der Waals surface area contributed by atoms with Crippen LogP contribution in [0, 0.1) is 0 Å². The van der Waals surface area contributed by atoms with Gasteiger partial charge in [-0.2, -0.15) is 18.3 Å². The second kappa shape index (κ2) is 8.09. The lowest BCUT2D eigenvalue weighted by molar-refractivity contribution is -0.906. The summed E-state index contributed by atoms with van der Waals surface area (Å²) in [6, 6.07) is 5.67. The Labute approximate surface area is 168 Å². The number of thiophene rings is 1. The van der Waals surface area contributed by atoms with E-state index in [9.17, 15) is 18.0 Å². The Morgan fingerprint density at radius 2 is 2.10 bits per heavy atom. The highest BCUT2D eigenvalue weighted by molar-refractivity contribution is 7.13. The van der Waals surface area contributed by atoms with Gasteiger partial charge < -0.3 is 15.0 Å². The van der Waals surface area contributed by atoms with Gasteiger partial charge in [0.15, 0.2) is 17.0 Å². The Balaban J connectivity index is 1.56. The summed E-state index contributed by atoms with van der Waals surface area (Å²) < 4.78 is 46.6. The van der Waals surface area contributed by atoms with Gasteiger partial charge in [0.25, 0.3) is 5.91 Å². The lowest BCUT2D eigenvalue weighted by Crippen LogP contribution is -3.14. The summed E-state index contributed by atoms with van der Waals surface area (Å²) in [5.74, 6) is -0.519. The summed E-state index contributed by atoms with van der Waals surface area (Å²) >= 11 is 1.29. The number of fused-ring (bicyclic) bond motifs is 1. The normalized spacial score (nSPS) is 15.7. The molecular formula is C18H19F3N5O2S+. The van der Waals surface area contributed by atoms with Crippen molar-refractivity contribution in [2.45, 2.75) is 6.18 Å². The second-order valence-electron chi connectivity index (χ2n) is 6.67. The fraction of sp³-hybridized carbons (Fsp3) is 0.389. The molecule has 0 radical (unpaired) electrons. The van der Waals surface area contributed by atoms with Crippen LogP contribution in [0.4, 0.5) is 13.2 Å². The third-order valence-electron chi connectivity index (χ3n) is 4.69. The van der Waals surface area contributed by atoms with Crippen LogP contribution < -0.4 is 10.2 Å². The van der Waals surface area contributed by atoms with Gasteiger partial charge in [0.1, 0.15) is 13.1 Å². The van der Waals surface area contributed by atoms with Gasteiger partial charge in [0.2, 0.25) is 0 Å². The molecular weight excluding hydrogens is 407 g/mol. The van der Waals surface area contributed by atoms with Crippen LogP contribution in [0.1, 0.15) is 16.2 Å². The summed E-state index contributed by atoms with van der Waals surface area (Å²) in [4.78, 5) is 18.6. The van der Waals surface area contributed by atoms with Crippen molar-refractivity contribution < 1.29 is 27.6 Å². The molecule has 0 unspecified atom stereocenters. The van der Waals surface area contributed by atoms with E-state index in [2.05, 4.69) is 15.4 Å². The lowest BCUT2D eigenvalue weighted by Gasteiger charge is -2.23. The zero-order valence-electron chi connectivity index (χ0n) is 15.3. The first-order valence-electron chi connectivity index (χ1n) is 9.13. The van der Waals surface area contributed by atoms with Crippen molar-refractivity contribution in [1.82, 2.24) is 19.9 Å². The van der Waals surface area contributed by atoms with Crippen LogP contribution in [-0.4, -0.2) is 59.9 Å².